The summed E-state index contributed by atoms with van der Waals surface area (Å²) in [4.78, 5) is 21.0. The van der Waals surface area contributed by atoms with E-state index in [4.69, 9.17) is 4.74 Å². The van der Waals surface area contributed by atoms with E-state index in [-0.39, 0.29) is 16.9 Å². The van der Waals surface area contributed by atoms with Crippen LogP contribution >= 0.6 is 0 Å². The van der Waals surface area contributed by atoms with Crippen molar-refractivity contribution < 1.29 is 18.3 Å². The molecule has 0 saturated carbocycles. The summed E-state index contributed by atoms with van der Waals surface area (Å²) in [6, 6.07) is 6.99. The molecule has 0 N–H and O–H groups in total. The lowest BCUT2D eigenvalue weighted by atomic mass is 9.78. The second-order valence-corrected chi connectivity index (χ2v) is 8.07. The molecule has 7 heteroatoms. The van der Waals surface area contributed by atoms with Crippen molar-refractivity contribution in [1.82, 2.24) is 14.8 Å². The van der Waals surface area contributed by atoms with Crippen molar-refractivity contribution in [3.8, 4) is 0 Å². The number of halogens is 2. The lowest BCUT2D eigenvalue weighted by Gasteiger charge is -2.42. The van der Waals surface area contributed by atoms with E-state index in [1.54, 1.807) is 11.1 Å². The molecule has 0 bridgehead atoms. The quantitative estimate of drug-likeness (QED) is 0.793. The van der Waals surface area contributed by atoms with Gasteiger partial charge < -0.3 is 9.64 Å². The number of hydrogen-bond donors (Lipinski definition) is 0. The van der Waals surface area contributed by atoms with Crippen molar-refractivity contribution in [1.29, 1.82) is 0 Å². The molecule has 2 aliphatic rings. The van der Waals surface area contributed by atoms with Gasteiger partial charge in [0.05, 0.1) is 13.2 Å². The Bertz CT molecular complexity index is 834. The van der Waals surface area contributed by atoms with Crippen molar-refractivity contribution in [2.24, 2.45) is 5.41 Å². The van der Waals surface area contributed by atoms with Gasteiger partial charge in [-0.25, -0.2) is 8.78 Å². The Balaban J connectivity index is 1.40. The zero-order valence-electron chi connectivity index (χ0n) is 16.3. The fraction of sp³-hybridized carbons (Fsp3) is 0.455. The zero-order chi connectivity index (χ0) is 20.3. The first-order valence-corrected chi connectivity index (χ1v) is 9.97. The molecule has 2 aromatic rings. The summed E-state index contributed by atoms with van der Waals surface area (Å²) in [5.41, 5.74) is 1.22. The largest absolute Gasteiger partial charge is 0.379 e. The lowest BCUT2D eigenvalue weighted by Crippen LogP contribution is -2.48. The number of benzene rings is 1. The number of carbonyl (C=O) groups excluding carboxylic acids is 1. The maximum absolute atomic E-state index is 13.5. The van der Waals surface area contributed by atoms with Gasteiger partial charge in [0, 0.05) is 62.2 Å². The predicted octanol–water partition coefficient (Wildman–Crippen LogP) is 3.11. The van der Waals surface area contributed by atoms with E-state index in [1.165, 1.54) is 5.56 Å². The zero-order valence-corrected chi connectivity index (χ0v) is 16.3. The van der Waals surface area contributed by atoms with E-state index in [2.05, 4.69) is 16.0 Å². The van der Waals surface area contributed by atoms with E-state index in [0.29, 0.717) is 26.3 Å². The third-order valence-corrected chi connectivity index (χ3v) is 5.87. The molecule has 3 heterocycles. The molecule has 154 valence electrons. The fourth-order valence-electron chi connectivity index (χ4n) is 4.31. The van der Waals surface area contributed by atoms with Gasteiger partial charge in [-0.3, -0.25) is 14.7 Å². The van der Waals surface area contributed by atoms with Crippen LogP contribution in [0.1, 0.15) is 28.8 Å². The summed E-state index contributed by atoms with van der Waals surface area (Å²) < 4.78 is 32.8. The molecule has 2 saturated heterocycles. The van der Waals surface area contributed by atoms with Crippen LogP contribution in [0.15, 0.2) is 42.7 Å². The molecule has 1 amide bonds. The molecule has 5 nitrogen and oxygen atoms in total. The Morgan fingerprint density at radius 2 is 1.90 bits per heavy atom. The number of pyridine rings is 1. The van der Waals surface area contributed by atoms with Gasteiger partial charge in [-0.2, -0.15) is 0 Å². The molecule has 1 aromatic carbocycles. The molecule has 2 aliphatic heterocycles. The van der Waals surface area contributed by atoms with Gasteiger partial charge in [-0.05, 0) is 36.6 Å². The molecule has 29 heavy (non-hydrogen) atoms. The minimum absolute atomic E-state index is 0.0112. The van der Waals surface area contributed by atoms with Gasteiger partial charge in [0.2, 0.25) is 0 Å². The average molecular weight is 401 g/mol. The third-order valence-electron chi connectivity index (χ3n) is 5.87. The summed E-state index contributed by atoms with van der Waals surface area (Å²) in [6.45, 7) is 5.06. The Hall–Kier alpha value is -2.38. The molecule has 1 spiro atoms. The summed E-state index contributed by atoms with van der Waals surface area (Å²) in [6.07, 6.45) is 5.27. The summed E-state index contributed by atoms with van der Waals surface area (Å²) in [5, 5.41) is 0. The van der Waals surface area contributed by atoms with Gasteiger partial charge in [0.25, 0.3) is 5.91 Å². The topological polar surface area (TPSA) is 45.7 Å². The average Bonchev–Trinajstić information content (AvgIpc) is 2.90. The van der Waals surface area contributed by atoms with E-state index >= 15 is 0 Å². The number of likely N-dealkylation sites (tertiary alicyclic amines) is 1. The highest BCUT2D eigenvalue weighted by Gasteiger charge is 2.39. The van der Waals surface area contributed by atoms with Crippen LogP contribution in [0.2, 0.25) is 0 Å². The van der Waals surface area contributed by atoms with E-state index < -0.39 is 11.6 Å². The number of nitrogens with zero attached hydrogens (tertiary/aromatic N) is 3. The molecule has 0 atom stereocenters. The molecule has 1 aromatic heterocycles. The first-order valence-electron chi connectivity index (χ1n) is 9.97. The standard InChI is InChI=1S/C22H25F2N3O2/c23-19-10-18(11-20(24)12-19)21(28)27-6-3-22(4-7-27)15-26(8-9-29-16-22)14-17-2-1-5-25-13-17/h1-2,5,10-13H,3-4,6-9,14-16H2. The third kappa shape index (κ3) is 4.79. The number of amides is 1. The van der Waals surface area contributed by atoms with Crippen molar-refractivity contribution in [3.05, 3.63) is 65.5 Å². The smallest absolute Gasteiger partial charge is 0.254 e. The van der Waals surface area contributed by atoms with Gasteiger partial charge in [-0.1, -0.05) is 6.07 Å². The van der Waals surface area contributed by atoms with Crippen molar-refractivity contribution in [2.45, 2.75) is 19.4 Å². The van der Waals surface area contributed by atoms with Crippen molar-refractivity contribution in [2.75, 3.05) is 39.4 Å². The van der Waals surface area contributed by atoms with Crippen molar-refractivity contribution in [3.63, 3.8) is 0 Å². The minimum atomic E-state index is -0.731. The SMILES string of the molecule is O=C(c1cc(F)cc(F)c1)N1CCC2(CC1)COCCN(Cc1cccnc1)C2. The fourth-order valence-corrected chi connectivity index (χ4v) is 4.31. The van der Waals surface area contributed by atoms with E-state index in [0.717, 1.165) is 50.7 Å². The summed E-state index contributed by atoms with van der Waals surface area (Å²) in [7, 11) is 0. The van der Waals surface area contributed by atoms with Crippen LogP contribution in [0.3, 0.4) is 0 Å². The number of piperidine rings is 1. The Labute approximate surface area is 169 Å². The molecule has 0 aliphatic carbocycles. The highest BCUT2D eigenvalue weighted by Crippen LogP contribution is 2.35. The predicted molar refractivity (Wildman–Crippen MR) is 104 cm³/mol. The van der Waals surface area contributed by atoms with Crippen LogP contribution in [-0.4, -0.2) is 60.1 Å². The number of ether oxygens (including phenoxy) is 1. The van der Waals surface area contributed by atoms with Gasteiger partial charge in [-0.15, -0.1) is 0 Å². The molecule has 2 fully saturated rings. The first-order chi connectivity index (χ1) is 14.0. The molecule has 0 radical (unpaired) electrons. The Morgan fingerprint density at radius 3 is 2.59 bits per heavy atom. The normalized spacial score (nSPS) is 19.9. The first kappa shape index (κ1) is 19.9. The molecular formula is C22H25F2N3O2. The molecular weight excluding hydrogens is 376 g/mol. The van der Waals surface area contributed by atoms with Gasteiger partial charge in [0.15, 0.2) is 0 Å². The van der Waals surface area contributed by atoms with Crippen LogP contribution in [-0.2, 0) is 11.3 Å². The summed E-state index contributed by atoms with van der Waals surface area (Å²) >= 11 is 0. The lowest BCUT2D eigenvalue weighted by molar-refractivity contribution is 0.0145. The summed E-state index contributed by atoms with van der Waals surface area (Å²) in [5.74, 6) is -1.78. The van der Waals surface area contributed by atoms with Crippen LogP contribution in [0, 0.1) is 17.0 Å². The Morgan fingerprint density at radius 1 is 1.14 bits per heavy atom. The number of hydrogen-bond acceptors (Lipinski definition) is 4. The van der Waals surface area contributed by atoms with Gasteiger partial charge in [0.1, 0.15) is 11.6 Å². The monoisotopic (exact) mass is 401 g/mol. The van der Waals surface area contributed by atoms with Crippen LogP contribution < -0.4 is 0 Å². The highest BCUT2D eigenvalue weighted by atomic mass is 19.1. The highest BCUT2D eigenvalue weighted by molar-refractivity contribution is 5.94. The van der Waals surface area contributed by atoms with E-state index in [9.17, 15) is 13.6 Å². The van der Waals surface area contributed by atoms with Crippen LogP contribution in [0.4, 0.5) is 8.78 Å². The van der Waals surface area contributed by atoms with Crippen LogP contribution in [0.5, 0.6) is 0 Å². The van der Waals surface area contributed by atoms with Gasteiger partial charge >= 0.3 is 0 Å². The number of carbonyl (C=O) groups is 1. The molecule has 4 rings (SSSR count). The van der Waals surface area contributed by atoms with Crippen LogP contribution in [0.25, 0.3) is 0 Å². The second-order valence-electron chi connectivity index (χ2n) is 8.07. The maximum Gasteiger partial charge on any atom is 0.254 e. The minimum Gasteiger partial charge on any atom is -0.379 e. The Kier molecular flexibility index (Phi) is 5.87. The second kappa shape index (κ2) is 8.55. The number of rotatable bonds is 3. The maximum atomic E-state index is 13.5. The molecule has 0 unspecified atom stereocenters. The number of aromatic nitrogens is 1. The van der Waals surface area contributed by atoms with Crippen molar-refractivity contribution >= 4 is 5.91 Å². The van der Waals surface area contributed by atoms with E-state index in [1.807, 2.05) is 12.3 Å².